The number of halogens is 2. The first-order chi connectivity index (χ1) is 12.1. The number of carbonyl (C=O) groups excluding carboxylic acids is 1. The van der Waals surface area contributed by atoms with E-state index in [0.717, 1.165) is 24.3 Å². The molecule has 3 nitrogen and oxygen atoms in total. The van der Waals surface area contributed by atoms with Gasteiger partial charge in [-0.2, -0.15) is 0 Å². The van der Waals surface area contributed by atoms with Crippen LogP contribution in [-0.2, 0) is 24.2 Å². The zero-order valence-corrected chi connectivity index (χ0v) is 15.7. The number of rotatable bonds is 5. The van der Waals surface area contributed by atoms with Crippen LogP contribution in [0.2, 0.25) is 10.0 Å². The van der Waals surface area contributed by atoms with Crippen LogP contribution in [0.1, 0.15) is 30.0 Å². The smallest absolute Gasteiger partial charge is 0.223 e. The van der Waals surface area contributed by atoms with Crippen molar-refractivity contribution < 1.29 is 9.53 Å². The van der Waals surface area contributed by atoms with E-state index in [1.54, 1.807) is 12.1 Å². The first kappa shape index (κ1) is 18.1. The van der Waals surface area contributed by atoms with E-state index in [1.807, 2.05) is 30.0 Å². The van der Waals surface area contributed by atoms with E-state index in [-0.39, 0.29) is 5.91 Å². The van der Waals surface area contributed by atoms with Gasteiger partial charge in [-0.3, -0.25) is 4.79 Å². The molecule has 0 aliphatic carbocycles. The van der Waals surface area contributed by atoms with E-state index in [9.17, 15) is 4.79 Å². The number of fused-ring (bicyclic) bond motifs is 1. The van der Waals surface area contributed by atoms with Crippen molar-refractivity contribution in [2.75, 3.05) is 13.2 Å². The van der Waals surface area contributed by atoms with Crippen LogP contribution < -0.4 is 4.74 Å². The molecule has 3 rings (SSSR count). The lowest BCUT2D eigenvalue weighted by atomic mass is 9.99. The zero-order valence-electron chi connectivity index (χ0n) is 14.2. The largest absolute Gasteiger partial charge is 0.494 e. The highest BCUT2D eigenvalue weighted by Gasteiger charge is 2.21. The SMILES string of the molecule is CCOc1ccc2c(c1)CN(C(=O)CCc1ccc(Cl)cc1Cl)CC2. The molecule has 1 aliphatic heterocycles. The van der Waals surface area contributed by atoms with Crippen molar-refractivity contribution in [2.24, 2.45) is 0 Å². The summed E-state index contributed by atoms with van der Waals surface area (Å²) in [4.78, 5) is 14.5. The summed E-state index contributed by atoms with van der Waals surface area (Å²) >= 11 is 12.1. The Hall–Kier alpha value is -1.71. The van der Waals surface area contributed by atoms with Crippen LogP contribution in [0.3, 0.4) is 0 Å². The van der Waals surface area contributed by atoms with Gasteiger partial charge in [0.1, 0.15) is 5.75 Å². The predicted octanol–water partition coefficient (Wildman–Crippen LogP) is 4.91. The summed E-state index contributed by atoms with van der Waals surface area (Å²) in [6, 6.07) is 11.6. The van der Waals surface area contributed by atoms with Gasteiger partial charge in [-0.15, -0.1) is 0 Å². The van der Waals surface area contributed by atoms with Gasteiger partial charge in [0.15, 0.2) is 0 Å². The molecule has 0 aromatic heterocycles. The molecule has 1 amide bonds. The van der Waals surface area contributed by atoms with Gasteiger partial charge in [0, 0.05) is 29.6 Å². The van der Waals surface area contributed by atoms with E-state index >= 15 is 0 Å². The molecular weight excluding hydrogens is 357 g/mol. The Kier molecular flexibility index (Phi) is 5.87. The molecule has 2 aromatic carbocycles. The number of hydrogen-bond acceptors (Lipinski definition) is 2. The summed E-state index contributed by atoms with van der Waals surface area (Å²) in [5.41, 5.74) is 3.43. The summed E-state index contributed by atoms with van der Waals surface area (Å²) in [7, 11) is 0. The maximum absolute atomic E-state index is 12.6. The second kappa shape index (κ2) is 8.11. The quantitative estimate of drug-likeness (QED) is 0.740. The number of benzene rings is 2. The number of hydrogen-bond donors (Lipinski definition) is 0. The monoisotopic (exact) mass is 377 g/mol. The topological polar surface area (TPSA) is 29.5 Å². The first-order valence-electron chi connectivity index (χ1n) is 8.53. The molecule has 0 fully saturated rings. The van der Waals surface area contributed by atoms with Crippen LogP contribution in [0, 0.1) is 0 Å². The number of nitrogens with zero attached hydrogens (tertiary/aromatic N) is 1. The number of amides is 1. The molecule has 0 saturated carbocycles. The van der Waals surface area contributed by atoms with Crippen molar-refractivity contribution in [3.05, 3.63) is 63.1 Å². The molecule has 0 atom stereocenters. The van der Waals surface area contributed by atoms with Crippen molar-refractivity contribution in [1.82, 2.24) is 4.90 Å². The lowest BCUT2D eigenvalue weighted by Gasteiger charge is -2.29. The van der Waals surface area contributed by atoms with Gasteiger partial charge in [0.25, 0.3) is 0 Å². The third-order valence-corrected chi connectivity index (χ3v) is 5.06. The Bertz CT molecular complexity index is 776. The van der Waals surface area contributed by atoms with E-state index < -0.39 is 0 Å². The van der Waals surface area contributed by atoms with Crippen molar-refractivity contribution in [3.8, 4) is 5.75 Å². The third kappa shape index (κ3) is 4.47. The number of carbonyl (C=O) groups is 1. The average molecular weight is 378 g/mol. The molecule has 0 unspecified atom stereocenters. The van der Waals surface area contributed by atoms with Crippen LogP contribution in [0.4, 0.5) is 0 Å². The molecule has 5 heteroatoms. The lowest BCUT2D eigenvalue weighted by molar-refractivity contribution is -0.132. The molecule has 0 bridgehead atoms. The maximum atomic E-state index is 12.6. The maximum Gasteiger partial charge on any atom is 0.223 e. The van der Waals surface area contributed by atoms with Gasteiger partial charge < -0.3 is 9.64 Å². The summed E-state index contributed by atoms with van der Waals surface area (Å²) in [6.45, 7) is 4.01. The number of aryl methyl sites for hydroxylation is 1. The van der Waals surface area contributed by atoms with Crippen LogP contribution in [-0.4, -0.2) is 24.0 Å². The Morgan fingerprint density at radius 3 is 2.76 bits per heavy atom. The Labute approximate surface area is 158 Å². The van der Waals surface area contributed by atoms with E-state index in [4.69, 9.17) is 27.9 Å². The van der Waals surface area contributed by atoms with Gasteiger partial charge in [0.05, 0.1) is 6.61 Å². The van der Waals surface area contributed by atoms with Crippen LogP contribution in [0.15, 0.2) is 36.4 Å². The molecular formula is C20H21Cl2NO2. The van der Waals surface area contributed by atoms with Crippen molar-refractivity contribution in [1.29, 1.82) is 0 Å². The molecule has 0 spiro atoms. The van der Waals surface area contributed by atoms with Crippen LogP contribution in [0.5, 0.6) is 5.75 Å². The van der Waals surface area contributed by atoms with Gasteiger partial charge in [-0.05, 0) is 60.7 Å². The molecule has 1 aliphatic rings. The van der Waals surface area contributed by atoms with E-state index in [0.29, 0.717) is 36.0 Å². The standard InChI is InChI=1S/C20H21Cl2NO2/c1-2-25-18-7-4-14-9-10-23(13-16(14)11-18)20(24)8-5-15-3-6-17(21)12-19(15)22/h3-4,6-7,11-12H,2,5,8-10,13H2,1H3. The van der Waals surface area contributed by atoms with Crippen molar-refractivity contribution in [2.45, 2.75) is 32.7 Å². The summed E-state index contributed by atoms with van der Waals surface area (Å²) in [5.74, 6) is 1.02. The second-order valence-corrected chi connectivity index (χ2v) is 7.01. The Morgan fingerprint density at radius 1 is 1.16 bits per heavy atom. The highest BCUT2D eigenvalue weighted by Crippen LogP contribution is 2.26. The minimum Gasteiger partial charge on any atom is -0.494 e. The van der Waals surface area contributed by atoms with Crippen LogP contribution >= 0.6 is 23.2 Å². The van der Waals surface area contributed by atoms with Crippen molar-refractivity contribution in [3.63, 3.8) is 0 Å². The Morgan fingerprint density at radius 2 is 2.00 bits per heavy atom. The van der Waals surface area contributed by atoms with Crippen LogP contribution in [0.25, 0.3) is 0 Å². The van der Waals surface area contributed by atoms with Crippen molar-refractivity contribution >= 4 is 29.1 Å². The molecule has 0 N–H and O–H groups in total. The van der Waals surface area contributed by atoms with Gasteiger partial charge in [-0.25, -0.2) is 0 Å². The molecule has 25 heavy (non-hydrogen) atoms. The minimum atomic E-state index is 0.151. The average Bonchev–Trinajstić information content (AvgIpc) is 2.60. The minimum absolute atomic E-state index is 0.151. The third-order valence-electron chi connectivity index (χ3n) is 4.48. The fraction of sp³-hybridized carbons (Fsp3) is 0.350. The second-order valence-electron chi connectivity index (χ2n) is 6.16. The normalized spacial score (nSPS) is 13.5. The van der Waals surface area contributed by atoms with Gasteiger partial charge in [-0.1, -0.05) is 35.3 Å². The summed E-state index contributed by atoms with van der Waals surface area (Å²) in [6.07, 6.45) is 1.95. The lowest BCUT2D eigenvalue weighted by Crippen LogP contribution is -2.36. The fourth-order valence-corrected chi connectivity index (χ4v) is 3.63. The highest BCUT2D eigenvalue weighted by atomic mass is 35.5. The van der Waals surface area contributed by atoms with Gasteiger partial charge >= 0.3 is 0 Å². The molecule has 132 valence electrons. The molecule has 0 saturated heterocycles. The van der Waals surface area contributed by atoms with E-state index in [1.165, 1.54) is 11.1 Å². The molecule has 2 aromatic rings. The first-order valence-corrected chi connectivity index (χ1v) is 9.28. The molecule has 1 heterocycles. The zero-order chi connectivity index (χ0) is 17.8. The molecule has 0 radical (unpaired) electrons. The Balaban J connectivity index is 1.62. The summed E-state index contributed by atoms with van der Waals surface area (Å²) < 4.78 is 5.57. The predicted molar refractivity (Wildman–Crippen MR) is 102 cm³/mol. The summed E-state index contributed by atoms with van der Waals surface area (Å²) in [5, 5.41) is 1.23. The highest BCUT2D eigenvalue weighted by molar-refractivity contribution is 6.35. The number of ether oxygens (including phenoxy) is 1. The van der Waals surface area contributed by atoms with E-state index in [2.05, 4.69) is 6.07 Å². The fourth-order valence-electron chi connectivity index (χ4n) is 3.13. The van der Waals surface area contributed by atoms with Gasteiger partial charge in [0.2, 0.25) is 5.91 Å².